The first kappa shape index (κ1) is 14.8. The molecule has 0 aliphatic carbocycles. The van der Waals surface area contributed by atoms with Gasteiger partial charge < -0.3 is 10.1 Å². The third kappa shape index (κ3) is 5.25. The Labute approximate surface area is 119 Å². The van der Waals surface area contributed by atoms with Gasteiger partial charge in [0.15, 0.2) is 0 Å². The summed E-state index contributed by atoms with van der Waals surface area (Å²) in [6.45, 7) is 1.36. The number of halogens is 3. The SMILES string of the molecule is O=C(NCCOCCCl)c1cc(Cl)ccc1Br. The minimum Gasteiger partial charge on any atom is -0.378 e. The Hall–Kier alpha value is -0.290. The first-order valence-electron chi connectivity index (χ1n) is 5.02. The van der Waals surface area contributed by atoms with Crippen LogP contribution in [0.1, 0.15) is 10.4 Å². The van der Waals surface area contributed by atoms with Gasteiger partial charge in [-0.05, 0) is 34.1 Å². The molecule has 0 aromatic heterocycles. The number of amides is 1. The fourth-order valence-electron chi connectivity index (χ4n) is 1.16. The molecular weight excluding hydrogens is 329 g/mol. The van der Waals surface area contributed by atoms with Crippen LogP contribution in [0.5, 0.6) is 0 Å². The Balaban J connectivity index is 2.44. The van der Waals surface area contributed by atoms with E-state index in [4.69, 9.17) is 27.9 Å². The van der Waals surface area contributed by atoms with Gasteiger partial charge in [0, 0.05) is 21.9 Å². The number of alkyl halides is 1. The zero-order valence-corrected chi connectivity index (χ0v) is 12.1. The molecule has 17 heavy (non-hydrogen) atoms. The molecule has 0 atom stereocenters. The van der Waals surface area contributed by atoms with Crippen LogP contribution in [0.2, 0.25) is 5.02 Å². The molecule has 6 heteroatoms. The van der Waals surface area contributed by atoms with Crippen molar-refractivity contribution in [3.8, 4) is 0 Å². The van der Waals surface area contributed by atoms with E-state index in [1.54, 1.807) is 18.2 Å². The molecule has 1 rings (SSSR count). The predicted molar refractivity (Wildman–Crippen MR) is 73.0 cm³/mol. The van der Waals surface area contributed by atoms with Gasteiger partial charge in [0.2, 0.25) is 0 Å². The number of hydrogen-bond donors (Lipinski definition) is 1. The van der Waals surface area contributed by atoms with E-state index in [1.807, 2.05) is 0 Å². The van der Waals surface area contributed by atoms with Crippen LogP contribution >= 0.6 is 39.1 Å². The third-order valence-corrected chi connectivity index (χ3v) is 3.01. The average molecular weight is 341 g/mol. The number of benzene rings is 1. The molecule has 1 N–H and O–H groups in total. The monoisotopic (exact) mass is 339 g/mol. The molecule has 0 spiro atoms. The number of rotatable bonds is 6. The van der Waals surface area contributed by atoms with E-state index in [9.17, 15) is 4.79 Å². The molecular formula is C11H12BrCl2NO2. The topological polar surface area (TPSA) is 38.3 Å². The lowest BCUT2D eigenvalue weighted by Gasteiger charge is -2.07. The number of hydrogen-bond acceptors (Lipinski definition) is 2. The van der Waals surface area contributed by atoms with Crippen LogP contribution in [-0.4, -0.2) is 31.5 Å². The van der Waals surface area contributed by atoms with Crippen LogP contribution in [0.3, 0.4) is 0 Å². The molecule has 3 nitrogen and oxygen atoms in total. The molecule has 0 heterocycles. The molecule has 0 saturated heterocycles. The zero-order chi connectivity index (χ0) is 12.7. The summed E-state index contributed by atoms with van der Waals surface area (Å²) in [4.78, 5) is 11.8. The fraction of sp³-hybridized carbons (Fsp3) is 0.364. The quantitative estimate of drug-likeness (QED) is 0.638. The molecule has 1 amide bonds. The van der Waals surface area contributed by atoms with Crippen LogP contribution in [-0.2, 0) is 4.74 Å². The van der Waals surface area contributed by atoms with Crippen LogP contribution in [0.25, 0.3) is 0 Å². The van der Waals surface area contributed by atoms with Crippen LogP contribution in [0, 0.1) is 0 Å². The number of nitrogens with one attached hydrogen (secondary N) is 1. The lowest BCUT2D eigenvalue weighted by atomic mass is 10.2. The highest BCUT2D eigenvalue weighted by molar-refractivity contribution is 9.10. The predicted octanol–water partition coefficient (Wildman–Crippen LogP) is 3.09. The van der Waals surface area contributed by atoms with E-state index >= 15 is 0 Å². The molecule has 94 valence electrons. The maximum atomic E-state index is 11.8. The highest BCUT2D eigenvalue weighted by Gasteiger charge is 2.09. The lowest BCUT2D eigenvalue weighted by molar-refractivity contribution is 0.0923. The van der Waals surface area contributed by atoms with Gasteiger partial charge in [0.1, 0.15) is 0 Å². The van der Waals surface area contributed by atoms with E-state index in [2.05, 4.69) is 21.2 Å². The van der Waals surface area contributed by atoms with Crippen molar-refractivity contribution in [3.63, 3.8) is 0 Å². The molecule has 0 aliphatic rings. The summed E-state index contributed by atoms with van der Waals surface area (Å²) in [5.74, 6) is 0.266. The number of carbonyl (C=O) groups is 1. The van der Waals surface area contributed by atoms with Crippen molar-refractivity contribution >= 4 is 45.0 Å². The minimum atomic E-state index is -0.186. The Morgan fingerprint density at radius 3 is 2.88 bits per heavy atom. The molecule has 0 saturated carbocycles. The minimum absolute atomic E-state index is 0.186. The standard InChI is InChI=1S/C11H12BrCl2NO2/c12-10-2-1-8(14)7-9(10)11(16)15-4-6-17-5-3-13/h1-2,7H,3-6H2,(H,15,16). The van der Waals surface area contributed by atoms with Gasteiger partial charge >= 0.3 is 0 Å². The van der Waals surface area contributed by atoms with Gasteiger partial charge in [-0.25, -0.2) is 0 Å². The van der Waals surface area contributed by atoms with Gasteiger partial charge in [-0.2, -0.15) is 0 Å². The molecule has 0 radical (unpaired) electrons. The molecule has 0 aliphatic heterocycles. The first-order chi connectivity index (χ1) is 8.15. The highest BCUT2D eigenvalue weighted by Crippen LogP contribution is 2.20. The molecule has 1 aromatic carbocycles. The molecule has 0 unspecified atom stereocenters. The second-order valence-corrected chi connectivity index (χ2v) is 4.85. The number of carbonyl (C=O) groups excluding carboxylic acids is 1. The van der Waals surface area contributed by atoms with Gasteiger partial charge in [0.25, 0.3) is 5.91 Å². The maximum Gasteiger partial charge on any atom is 0.252 e. The van der Waals surface area contributed by atoms with Gasteiger partial charge in [-0.1, -0.05) is 11.6 Å². The van der Waals surface area contributed by atoms with E-state index in [0.29, 0.717) is 40.7 Å². The summed E-state index contributed by atoms with van der Waals surface area (Å²) < 4.78 is 5.85. The van der Waals surface area contributed by atoms with E-state index < -0.39 is 0 Å². The van der Waals surface area contributed by atoms with Crippen molar-refractivity contribution < 1.29 is 9.53 Å². The van der Waals surface area contributed by atoms with Crippen molar-refractivity contribution in [2.75, 3.05) is 25.6 Å². The van der Waals surface area contributed by atoms with Crippen molar-refractivity contribution in [2.45, 2.75) is 0 Å². The summed E-state index contributed by atoms with van der Waals surface area (Å²) in [5, 5.41) is 3.25. The van der Waals surface area contributed by atoms with Gasteiger partial charge in [-0.3, -0.25) is 4.79 Å². The van der Waals surface area contributed by atoms with E-state index in [-0.39, 0.29) is 5.91 Å². The smallest absolute Gasteiger partial charge is 0.252 e. The van der Waals surface area contributed by atoms with Crippen molar-refractivity contribution in [1.82, 2.24) is 5.32 Å². The van der Waals surface area contributed by atoms with E-state index in [1.165, 1.54) is 0 Å². The Morgan fingerprint density at radius 2 is 2.18 bits per heavy atom. The highest BCUT2D eigenvalue weighted by atomic mass is 79.9. The first-order valence-corrected chi connectivity index (χ1v) is 6.72. The molecule has 0 bridgehead atoms. The second-order valence-electron chi connectivity index (χ2n) is 3.18. The van der Waals surface area contributed by atoms with Crippen molar-refractivity contribution in [3.05, 3.63) is 33.3 Å². The average Bonchev–Trinajstić information content (AvgIpc) is 2.32. The Kier molecular flexibility index (Phi) is 6.89. The maximum absolute atomic E-state index is 11.8. The summed E-state index contributed by atoms with van der Waals surface area (Å²) in [5.41, 5.74) is 0.509. The largest absolute Gasteiger partial charge is 0.378 e. The summed E-state index contributed by atoms with van der Waals surface area (Å²) in [6.07, 6.45) is 0. The Morgan fingerprint density at radius 1 is 1.41 bits per heavy atom. The molecule has 0 fully saturated rings. The zero-order valence-electron chi connectivity index (χ0n) is 9.01. The van der Waals surface area contributed by atoms with Gasteiger partial charge in [0.05, 0.1) is 18.8 Å². The molecule has 1 aromatic rings. The normalized spacial score (nSPS) is 10.3. The summed E-state index contributed by atoms with van der Waals surface area (Å²) >= 11 is 14.6. The van der Waals surface area contributed by atoms with Crippen molar-refractivity contribution in [2.24, 2.45) is 0 Å². The number of ether oxygens (including phenoxy) is 1. The fourth-order valence-corrected chi connectivity index (χ4v) is 1.87. The van der Waals surface area contributed by atoms with Gasteiger partial charge in [-0.15, -0.1) is 11.6 Å². The van der Waals surface area contributed by atoms with Crippen LogP contribution in [0.15, 0.2) is 22.7 Å². The lowest BCUT2D eigenvalue weighted by Crippen LogP contribution is -2.27. The Bertz CT molecular complexity index is 388. The summed E-state index contributed by atoms with van der Waals surface area (Å²) in [7, 11) is 0. The van der Waals surface area contributed by atoms with Crippen molar-refractivity contribution in [1.29, 1.82) is 0 Å². The van der Waals surface area contributed by atoms with Crippen LogP contribution in [0.4, 0.5) is 0 Å². The van der Waals surface area contributed by atoms with E-state index in [0.717, 1.165) is 0 Å². The second kappa shape index (κ2) is 7.93. The summed E-state index contributed by atoms with van der Waals surface area (Å²) in [6, 6.07) is 5.06. The van der Waals surface area contributed by atoms with Crippen LogP contribution < -0.4 is 5.32 Å². The third-order valence-electron chi connectivity index (χ3n) is 1.93.